The van der Waals surface area contributed by atoms with Gasteiger partial charge in [-0.3, -0.25) is 4.79 Å². The molecule has 3 aromatic heterocycles. The summed E-state index contributed by atoms with van der Waals surface area (Å²) in [5.74, 6) is 6.75. The van der Waals surface area contributed by atoms with Gasteiger partial charge in [-0.15, -0.1) is 0 Å². The fourth-order valence-corrected chi connectivity index (χ4v) is 4.89. The number of nitrogens with zero attached hydrogens (tertiary/aromatic N) is 7. The number of benzene rings is 1. The second-order valence-corrected chi connectivity index (χ2v) is 10.2. The van der Waals surface area contributed by atoms with Gasteiger partial charge in [0.25, 0.3) is 5.91 Å². The zero-order valence-corrected chi connectivity index (χ0v) is 24.8. The van der Waals surface area contributed by atoms with Crippen LogP contribution in [0.1, 0.15) is 34.0 Å². The summed E-state index contributed by atoms with van der Waals surface area (Å²) in [4.78, 5) is 30.1. The van der Waals surface area contributed by atoms with Crippen molar-refractivity contribution in [2.24, 2.45) is 17.2 Å². The van der Waals surface area contributed by atoms with Crippen LogP contribution in [0, 0.1) is 11.8 Å². The van der Waals surface area contributed by atoms with Crippen molar-refractivity contribution in [3.05, 3.63) is 95.2 Å². The van der Waals surface area contributed by atoms with E-state index in [1.165, 1.54) is 4.52 Å². The molecule has 0 radical (unpaired) electrons. The Balaban J connectivity index is 1.27. The molecule has 4 aromatic rings. The molecule has 0 unspecified atom stereocenters. The Morgan fingerprint density at radius 3 is 2.73 bits per heavy atom. The predicted octanol–water partition coefficient (Wildman–Crippen LogP) is 0.751. The molecular weight excluding hydrogens is 574 g/mol. The van der Waals surface area contributed by atoms with E-state index in [4.69, 9.17) is 26.9 Å². The lowest BCUT2D eigenvalue weighted by Crippen LogP contribution is -2.33. The van der Waals surface area contributed by atoms with E-state index in [9.17, 15) is 9.90 Å². The van der Waals surface area contributed by atoms with Gasteiger partial charge in [-0.05, 0) is 36.6 Å². The Kier molecular flexibility index (Phi) is 9.61. The van der Waals surface area contributed by atoms with Crippen molar-refractivity contribution in [2.75, 3.05) is 44.7 Å². The third kappa shape index (κ3) is 7.59. The number of nitrogens with one attached hydrogen (secondary N) is 1. The number of hydrogen-bond acceptors (Lipinski definition) is 12. The van der Waals surface area contributed by atoms with Gasteiger partial charge >= 0.3 is 0 Å². The number of carbonyl (C=O) groups is 1. The number of fused-ring (bicyclic) bond motifs is 1. The molecule has 0 atom stereocenters. The van der Waals surface area contributed by atoms with E-state index >= 15 is 0 Å². The molecule has 1 saturated heterocycles. The molecule has 14 nitrogen and oxygen atoms in total. The van der Waals surface area contributed by atoms with E-state index in [0.717, 1.165) is 6.42 Å². The lowest BCUT2D eigenvalue weighted by Gasteiger charge is -2.26. The third-order valence-corrected chi connectivity index (χ3v) is 7.03. The number of methoxy groups -OCH3 is 1. The van der Waals surface area contributed by atoms with Crippen LogP contribution >= 0.6 is 0 Å². The molecule has 45 heavy (non-hydrogen) atoms. The largest absolute Gasteiger partial charge is 0.507 e. The number of para-hydroxylation sites is 1. The van der Waals surface area contributed by atoms with Crippen LogP contribution in [0.4, 0.5) is 5.82 Å². The fraction of sp³-hybridized carbons (Fsp3) is 0.258. The molecule has 0 spiro atoms. The minimum atomic E-state index is -0.359. The van der Waals surface area contributed by atoms with Gasteiger partial charge in [0.15, 0.2) is 11.3 Å². The number of carbonyl (C=O) groups excluding carboxylic acids is 1. The molecule has 232 valence electrons. The normalized spacial score (nSPS) is 13.6. The van der Waals surface area contributed by atoms with Crippen LogP contribution in [-0.2, 0) is 11.3 Å². The topological polar surface area (TPSA) is 199 Å². The Bertz CT molecular complexity index is 1770. The van der Waals surface area contributed by atoms with E-state index in [2.05, 4.69) is 42.0 Å². The van der Waals surface area contributed by atoms with Gasteiger partial charge in [0, 0.05) is 69.1 Å². The lowest BCUT2D eigenvalue weighted by molar-refractivity contribution is 0.0953. The van der Waals surface area contributed by atoms with E-state index in [1.807, 2.05) is 6.07 Å². The third-order valence-electron chi connectivity index (χ3n) is 7.03. The second kappa shape index (κ2) is 14.1. The van der Waals surface area contributed by atoms with Gasteiger partial charge < -0.3 is 42.2 Å². The summed E-state index contributed by atoms with van der Waals surface area (Å²) in [6.45, 7) is 2.97. The highest BCUT2D eigenvalue weighted by Gasteiger charge is 2.20. The molecule has 1 aliphatic rings. The molecule has 8 N–H and O–H groups in total. The summed E-state index contributed by atoms with van der Waals surface area (Å²) in [6, 6.07) is 12.1. The number of hydrogen-bond donors (Lipinski definition) is 5. The van der Waals surface area contributed by atoms with Crippen molar-refractivity contribution >= 4 is 23.1 Å². The number of nitrogens with two attached hydrogens (primary N) is 3. The maximum absolute atomic E-state index is 12.5. The maximum atomic E-state index is 12.5. The van der Waals surface area contributed by atoms with E-state index in [0.29, 0.717) is 66.1 Å². The first-order chi connectivity index (χ1) is 21.8. The standard InChI is InChI=1S/C31H35N11O3/c1-45-20-21-17-29(38-27(37-21)9-4-10-36-31(44)24-19-28-35-11-5-14-42(28)39-24)41-13-6-12-40(15-16-41)25(30(33)34)18-23(32)22-7-2-3-8-26(22)43/h2-3,5,7-8,11,14,17-19,43H,6,10,12-13,15-16,20,32-34H2,1H3,(H,36,44)/b23-18-. The van der Waals surface area contributed by atoms with Gasteiger partial charge in [0.05, 0.1) is 24.5 Å². The molecule has 14 heteroatoms. The maximum Gasteiger partial charge on any atom is 0.272 e. The van der Waals surface area contributed by atoms with Crippen LogP contribution in [0.5, 0.6) is 5.75 Å². The molecule has 0 saturated carbocycles. The SMILES string of the molecule is COCc1cc(N2CCCN(C(/C=C(\N)c3ccccc3O)=C(N)N)CC2)nc(C#CCNC(=O)c2cc3ncccn3n2)n1. The first kappa shape index (κ1) is 30.6. The van der Waals surface area contributed by atoms with Crippen molar-refractivity contribution in [1.29, 1.82) is 0 Å². The van der Waals surface area contributed by atoms with Crippen LogP contribution in [0.2, 0.25) is 0 Å². The number of anilines is 1. The molecule has 0 aliphatic carbocycles. The number of ether oxygens (including phenoxy) is 1. The highest BCUT2D eigenvalue weighted by Crippen LogP contribution is 2.24. The first-order valence-electron chi connectivity index (χ1n) is 14.3. The number of phenols is 1. The molecule has 1 fully saturated rings. The first-order valence-corrected chi connectivity index (χ1v) is 14.3. The van der Waals surface area contributed by atoms with Crippen molar-refractivity contribution in [1.82, 2.24) is 34.8 Å². The molecule has 1 amide bonds. The quantitative estimate of drug-likeness (QED) is 0.139. The van der Waals surface area contributed by atoms with E-state index in [1.54, 1.807) is 62.0 Å². The number of rotatable bonds is 8. The van der Waals surface area contributed by atoms with E-state index < -0.39 is 0 Å². The minimum absolute atomic E-state index is 0.0736. The molecule has 1 aliphatic heterocycles. The average Bonchev–Trinajstić information content (AvgIpc) is 3.32. The molecule has 5 rings (SSSR count). The van der Waals surface area contributed by atoms with Crippen LogP contribution in [0.3, 0.4) is 0 Å². The van der Waals surface area contributed by atoms with Crippen molar-refractivity contribution in [3.63, 3.8) is 0 Å². The number of aromatic nitrogens is 5. The summed E-state index contributed by atoms with van der Waals surface area (Å²) in [7, 11) is 1.60. The van der Waals surface area contributed by atoms with Crippen LogP contribution in [0.15, 0.2) is 72.5 Å². The Morgan fingerprint density at radius 1 is 1.11 bits per heavy atom. The molecule has 0 bridgehead atoms. The predicted molar refractivity (Wildman–Crippen MR) is 169 cm³/mol. The Morgan fingerprint density at radius 2 is 1.96 bits per heavy atom. The minimum Gasteiger partial charge on any atom is -0.507 e. The number of aromatic hydroxyl groups is 1. The summed E-state index contributed by atoms with van der Waals surface area (Å²) >= 11 is 0. The van der Waals surface area contributed by atoms with Crippen LogP contribution < -0.4 is 27.4 Å². The number of phenolic OH excluding ortho intramolecular Hbond substituents is 1. The van der Waals surface area contributed by atoms with Gasteiger partial charge in [0.1, 0.15) is 17.4 Å². The summed E-state index contributed by atoms with van der Waals surface area (Å²) in [5.41, 5.74) is 21.4. The molecular formula is C31H35N11O3. The summed E-state index contributed by atoms with van der Waals surface area (Å²) < 4.78 is 6.86. The smallest absolute Gasteiger partial charge is 0.272 e. The van der Waals surface area contributed by atoms with Gasteiger partial charge in [-0.25, -0.2) is 19.5 Å². The van der Waals surface area contributed by atoms with Crippen molar-refractivity contribution < 1.29 is 14.6 Å². The highest BCUT2D eigenvalue weighted by molar-refractivity contribution is 5.93. The fourth-order valence-electron chi connectivity index (χ4n) is 4.89. The van der Waals surface area contributed by atoms with Crippen LogP contribution in [0.25, 0.3) is 11.3 Å². The van der Waals surface area contributed by atoms with Crippen LogP contribution in [-0.4, -0.2) is 80.3 Å². The summed E-state index contributed by atoms with van der Waals surface area (Å²) in [6.07, 6.45) is 5.84. The molecule has 1 aromatic carbocycles. The zero-order valence-electron chi connectivity index (χ0n) is 24.8. The van der Waals surface area contributed by atoms with Gasteiger partial charge in [-0.2, -0.15) is 5.10 Å². The Hall–Kier alpha value is -5.81. The highest BCUT2D eigenvalue weighted by atomic mass is 16.5. The zero-order chi connectivity index (χ0) is 31.8. The second-order valence-electron chi connectivity index (χ2n) is 10.2. The monoisotopic (exact) mass is 609 g/mol. The van der Waals surface area contributed by atoms with Gasteiger partial charge in [0.2, 0.25) is 5.82 Å². The number of allylic oxidation sites excluding steroid dienone is 1. The van der Waals surface area contributed by atoms with Gasteiger partial charge in [-0.1, -0.05) is 18.1 Å². The summed E-state index contributed by atoms with van der Waals surface area (Å²) in [5, 5.41) is 17.2. The molecule has 4 heterocycles. The van der Waals surface area contributed by atoms with E-state index in [-0.39, 0.29) is 36.3 Å². The van der Waals surface area contributed by atoms with Crippen molar-refractivity contribution in [3.8, 4) is 17.6 Å². The average molecular weight is 610 g/mol. The van der Waals surface area contributed by atoms with Crippen molar-refractivity contribution in [2.45, 2.75) is 13.0 Å². The Labute approximate surface area is 260 Å². The number of amides is 1. The lowest BCUT2D eigenvalue weighted by atomic mass is 10.1.